The van der Waals surface area contributed by atoms with Crippen LogP contribution in [-0.4, -0.2) is 4.98 Å². The van der Waals surface area contributed by atoms with Crippen LogP contribution < -0.4 is 0 Å². The topological polar surface area (TPSA) is 39.2 Å². The van der Waals surface area contributed by atoms with Gasteiger partial charge in [0.25, 0.3) is 0 Å². The second kappa shape index (κ2) is 16.6. The lowest BCUT2D eigenvalue weighted by Gasteiger charge is -2.57. The summed E-state index contributed by atoms with van der Waals surface area (Å²) in [5.41, 5.74) is 21.7. The molecule has 12 aromatic rings. The summed E-state index contributed by atoms with van der Waals surface area (Å²) >= 11 is 0. The van der Waals surface area contributed by atoms with Gasteiger partial charge in [0.05, 0.1) is 11.4 Å². The lowest BCUT2D eigenvalue weighted by molar-refractivity contribution is -0.00518. The van der Waals surface area contributed by atoms with Crippen molar-refractivity contribution < 1.29 is 8.83 Å². The first-order valence-corrected chi connectivity index (χ1v) is 26.3. The third kappa shape index (κ3) is 7.12. The molecule has 4 aliphatic rings. The molecule has 0 spiro atoms. The van der Waals surface area contributed by atoms with E-state index in [0.717, 1.165) is 118 Å². The molecule has 16 rings (SSSR count). The molecular weight excluding hydrogens is 887 g/mol. The van der Waals surface area contributed by atoms with E-state index in [0.29, 0.717) is 5.41 Å². The molecule has 4 fully saturated rings. The fourth-order valence-electron chi connectivity index (χ4n) is 14.2. The number of fused-ring (bicyclic) bond motifs is 6. The molecule has 3 aromatic heterocycles. The van der Waals surface area contributed by atoms with Gasteiger partial charge in [-0.1, -0.05) is 158 Å². The molecule has 3 heteroatoms. The molecule has 0 aliphatic heterocycles. The largest absolute Gasteiger partial charge is 0.455 e. The zero-order chi connectivity index (χ0) is 48.2. The van der Waals surface area contributed by atoms with Crippen molar-refractivity contribution in [3.63, 3.8) is 0 Å². The van der Waals surface area contributed by atoms with Gasteiger partial charge in [-0.25, -0.2) is 4.98 Å². The zero-order valence-electron chi connectivity index (χ0n) is 40.9. The van der Waals surface area contributed by atoms with Gasteiger partial charge >= 0.3 is 0 Å². The molecule has 0 N–H and O–H groups in total. The van der Waals surface area contributed by atoms with Crippen LogP contribution in [0, 0.1) is 24.7 Å². The van der Waals surface area contributed by atoms with Crippen LogP contribution in [0.2, 0.25) is 0 Å². The van der Waals surface area contributed by atoms with Gasteiger partial charge in [-0.3, -0.25) is 0 Å². The second-order valence-corrected chi connectivity index (χ2v) is 21.7. The average Bonchev–Trinajstić information content (AvgIpc) is 4.02. The van der Waals surface area contributed by atoms with E-state index in [-0.39, 0.29) is 0 Å². The van der Waals surface area contributed by atoms with Crippen molar-refractivity contribution in [3.05, 3.63) is 223 Å². The molecule has 73 heavy (non-hydrogen) atoms. The van der Waals surface area contributed by atoms with Gasteiger partial charge in [-0.2, -0.15) is 0 Å². The highest BCUT2D eigenvalue weighted by atomic mass is 16.3. The Kier molecular flexibility index (Phi) is 9.67. The lowest BCUT2D eigenvalue weighted by Crippen LogP contribution is -2.48. The highest BCUT2D eigenvalue weighted by Gasteiger charge is 2.51. The maximum absolute atomic E-state index is 7.06. The van der Waals surface area contributed by atoms with E-state index in [1.807, 2.05) is 6.07 Å². The van der Waals surface area contributed by atoms with Gasteiger partial charge in [0.2, 0.25) is 0 Å². The van der Waals surface area contributed by atoms with Crippen LogP contribution >= 0.6 is 0 Å². The number of aromatic nitrogens is 1. The van der Waals surface area contributed by atoms with Gasteiger partial charge in [0.1, 0.15) is 22.3 Å². The molecule has 0 atom stereocenters. The van der Waals surface area contributed by atoms with Gasteiger partial charge < -0.3 is 8.83 Å². The normalized spacial score (nSPS) is 19.2. The van der Waals surface area contributed by atoms with Crippen LogP contribution in [0.1, 0.15) is 49.7 Å². The molecule has 0 unspecified atom stereocenters. The van der Waals surface area contributed by atoms with Crippen molar-refractivity contribution in [2.24, 2.45) is 17.8 Å². The predicted octanol–water partition coefficient (Wildman–Crippen LogP) is 19.3. The van der Waals surface area contributed by atoms with E-state index in [1.165, 1.54) is 66.3 Å². The van der Waals surface area contributed by atoms with Crippen LogP contribution in [0.25, 0.3) is 122 Å². The monoisotopic (exact) mass is 939 g/mol. The molecule has 0 radical (unpaired) electrons. The molecular formula is C70H53NO2. The van der Waals surface area contributed by atoms with Gasteiger partial charge in [0.15, 0.2) is 0 Å². The second-order valence-electron chi connectivity index (χ2n) is 21.7. The minimum Gasteiger partial charge on any atom is -0.455 e. The first kappa shape index (κ1) is 42.4. The predicted molar refractivity (Wildman–Crippen MR) is 301 cm³/mol. The van der Waals surface area contributed by atoms with E-state index >= 15 is 0 Å². The van der Waals surface area contributed by atoms with Crippen molar-refractivity contribution >= 4 is 43.9 Å². The Hall–Kier alpha value is -8.27. The minimum absolute atomic E-state index is 0.353. The number of hydrogen-bond acceptors (Lipinski definition) is 3. The van der Waals surface area contributed by atoms with Crippen LogP contribution in [0.3, 0.4) is 0 Å². The van der Waals surface area contributed by atoms with Gasteiger partial charge in [-0.15, -0.1) is 0 Å². The van der Waals surface area contributed by atoms with Crippen LogP contribution in [0.15, 0.2) is 221 Å². The first-order chi connectivity index (χ1) is 36.0. The Bertz CT molecular complexity index is 4080. The molecule has 3 heterocycles. The van der Waals surface area contributed by atoms with Crippen molar-refractivity contribution in [2.75, 3.05) is 0 Å². The molecule has 3 nitrogen and oxygen atoms in total. The smallest absolute Gasteiger partial charge is 0.144 e. The van der Waals surface area contributed by atoms with E-state index in [4.69, 9.17) is 13.8 Å². The molecule has 350 valence electrons. The van der Waals surface area contributed by atoms with Crippen molar-refractivity contribution in [1.29, 1.82) is 0 Å². The van der Waals surface area contributed by atoms with Gasteiger partial charge in [-0.05, 0) is 184 Å². The molecule has 4 aliphatic carbocycles. The van der Waals surface area contributed by atoms with E-state index in [9.17, 15) is 0 Å². The Morgan fingerprint density at radius 2 is 0.918 bits per heavy atom. The minimum atomic E-state index is 0.353. The number of hydrogen-bond donors (Lipinski definition) is 0. The van der Waals surface area contributed by atoms with Crippen LogP contribution in [0.5, 0.6) is 0 Å². The molecule has 0 saturated heterocycles. The van der Waals surface area contributed by atoms with E-state index < -0.39 is 0 Å². The summed E-state index contributed by atoms with van der Waals surface area (Å²) in [6.07, 6.45) is 8.46. The van der Waals surface area contributed by atoms with Gasteiger partial charge in [0, 0.05) is 38.2 Å². The molecule has 9 aromatic carbocycles. The molecule has 4 saturated carbocycles. The summed E-state index contributed by atoms with van der Waals surface area (Å²) in [5, 5.41) is 4.42. The molecule has 0 amide bonds. The summed E-state index contributed by atoms with van der Waals surface area (Å²) in [6, 6.07) is 77.3. The summed E-state index contributed by atoms with van der Waals surface area (Å²) in [7, 11) is 0. The number of rotatable bonds is 8. The summed E-state index contributed by atoms with van der Waals surface area (Å²) in [5.74, 6) is 2.73. The lowest BCUT2D eigenvalue weighted by atomic mass is 9.48. The maximum atomic E-state index is 7.06. The fourth-order valence-corrected chi connectivity index (χ4v) is 14.2. The quantitative estimate of drug-likeness (QED) is 0.152. The Morgan fingerprint density at radius 3 is 1.64 bits per heavy atom. The van der Waals surface area contributed by atoms with E-state index in [1.54, 1.807) is 5.56 Å². The SMILES string of the molecule is Cc1cc(-c2cc(-c3ccccc3)cc(-c3cc(-c4ccc(-c5ccc(C67CC8CC(CC(C8)C6)C7)cc5)c5c4oc4ccccc45)cc(-c4cccc5c4oc4ccccc45)n3)c2)ccc1-c1ccccc1. The summed E-state index contributed by atoms with van der Waals surface area (Å²) < 4.78 is 13.8. The average molecular weight is 940 g/mol. The number of nitrogens with zero attached hydrogens (tertiary/aromatic N) is 1. The van der Waals surface area contributed by atoms with Crippen LogP contribution in [0.4, 0.5) is 0 Å². The summed E-state index contributed by atoms with van der Waals surface area (Å²) in [6.45, 7) is 2.21. The third-order valence-corrected chi connectivity index (χ3v) is 17.2. The van der Waals surface area contributed by atoms with Crippen molar-refractivity contribution in [3.8, 4) is 78.1 Å². The number of aryl methyl sites for hydroxylation is 1. The van der Waals surface area contributed by atoms with E-state index in [2.05, 4.69) is 213 Å². The Morgan fingerprint density at radius 1 is 0.370 bits per heavy atom. The molecule has 4 bridgehead atoms. The standard InChI is InChI=1S/C70H53NO2/c1-43-31-50(25-28-56(43)48-15-6-3-7-16-48)52-35-51(47-13-4-2-5-14-47)36-54(37-52)63-38-53(39-64(71-63)61-20-12-19-60-59-17-8-10-21-65(59)72-68(60)61)58-30-29-57(67-62-18-9-11-22-66(62)73-69(58)67)49-23-26-55(27-24-49)70-40-44-32-45(41-70)34-46(33-44)42-70/h2-31,35-39,44-46H,32-34,40-42H2,1H3. The van der Waals surface area contributed by atoms with Crippen molar-refractivity contribution in [1.82, 2.24) is 4.98 Å². The maximum Gasteiger partial charge on any atom is 0.144 e. The Balaban J connectivity index is 0.924. The highest BCUT2D eigenvalue weighted by Crippen LogP contribution is 2.61. The Labute approximate surface area is 425 Å². The van der Waals surface area contributed by atoms with Crippen LogP contribution in [-0.2, 0) is 5.41 Å². The number of pyridine rings is 1. The van der Waals surface area contributed by atoms with Crippen molar-refractivity contribution in [2.45, 2.75) is 50.9 Å². The first-order valence-electron chi connectivity index (χ1n) is 26.3. The third-order valence-electron chi connectivity index (χ3n) is 17.2. The fraction of sp³-hybridized carbons (Fsp3) is 0.157. The zero-order valence-corrected chi connectivity index (χ0v) is 40.9. The summed E-state index contributed by atoms with van der Waals surface area (Å²) in [4.78, 5) is 5.63. The number of benzene rings is 9. The number of para-hydroxylation sites is 3. The number of furan rings is 2. The highest BCUT2D eigenvalue weighted by molar-refractivity contribution is 6.16.